The van der Waals surface area contributed by atoms with Gasteiger partial charge in [-0.25, -0.2) is 12.8 Å². The van der Waals surface area contributed by atoms with E-state index in [2.05, 4.69) is 15.9 Å². The number of nitrogens with zero attached hydrogens (tertiary/aromatic N) is 2. The fourth-order valence-corrected chi connectivity index (χ4v) is 6.35. The van der Waals surface area contributed by atoms with Crippen molar-refractivity contribution in [2.24, 2.45) is 0 Å². The molecule has 2 aliphatic heterocycles. The number of rotatable bonds is 4. The molecular weight excluding hydrogens is 447 g/mol. The summed E-state index contributed by atoms with van der Waals surface area (Å²) in [5, 5.41) is 0. The predicted octanol–water partition coefficient (Wildman–Crippen LogP) is 2.65. The van der Waals surface area contributed by atoms with Crippen molar-refractivity contribution in [1.29, 1.82) is 0 Å². The molecule has 2 fully saturated rings. The Kier molecular flexibility index (Phi) is 5.28. The number of carbonyl (C=O) groups excluding carboxylic acids is 1. The van der Waals surface area contributed by atoms with Gasteiger partial charge in [0.25, 0.3) is 0 Å². The van der Waals surface area contributed by atoms with Crippen molar-refractivity contribution in [3.05, 3.63) is 64.4 Å². The molecule has 0 spiro atoms. The van der Waals surface area contributed by atoms with Crippen molar-refractivity contribution in [2.75, 3.05) is 29.5 Å². The molecule has 5 nitrogen and oxygen atoms in total. The lowest BCUT2D eigenvalue weighted by molar-refractivity contribution is -0.123. The lowest BCUT2D eigenvalue weighted by Crippen LogP contribution is -2.62. The van der Waals surface area contributed by atoms with Gasteiger partial charge in [-0.2, -0.15) is 0 Å². The number of benzene rings is 2. The van der Waals surface area contributed by atoms with E-state index in [4.69, 9.17) is 0 Å². The normalized spacial score (nSPS) is 24.4. The third kappa shape index (κ3) is 3.86. The molecule has 2 saturated heterocycles. The molecule has 0 N–H and O–H groups in total. The van der Waals surface area contributed by atoms with E-state index in [0.717, 1.165) is 4.47 Å². The van der Waals surface area contributed by atoms with Crippen LogP contribution < -0.4 is 4.90 Å². The number of amides is 1. The summed E-state index contributed by atoms with van der Waals surface area (Å²) in [7, 11) is -3.24. The fraction of sp³-hybridized carbons (Fsp3) is 0.350. The SMILES string of the molecule is O=C1CN(CCc2ccccc2F)[C@H]2CS(=O)(=O)C[C@H]2N1c1ccc(Br)cc1. The van der Waals surface area contributed by atoms with Crippen LogP contribution in [0.15, 0.2) is 53.0 Å². The van der Waals surface area contributed by atoms with Gasteiger partial charge in [-0.1, -0.05) is 34.1 Å². The average Bonchev–Trinajstić information content (AvgIpc) is 2.97. The lowest BCUT2D eigenvalue weighted by atomic mass is 10.0. The van der Waals surface area contributed by atoms with Crippen molar-refractivity contribution in [1.82, 2.24) is 4.90 Å². The summed E-state index contributed by atoms with van der Waals surface area (Å²) in [6.45, 7) is 0.568. The summed E-state index contributed by atoms with van der Waals surface area (Å²) in [6.07, 6.45) is 0.432. The van der Waals surface area contributed by atoms with Gasteiger partial charge in [0.1, 0.15) is 5.82 Å². The smallest absolute Gasteiger partial charge is 0.241 e. The Balaban J connectivity index is 1.59. The summed E-state index contributed by atoms with van der Waals surface area (Å²) < 4.78 is 39.6. The molecule has 8 heteroatoms. The number of piperazine rings is 1. The standard InChI is InChI=1S/C20H20BrFN2O3S/c21-15-5-7-16(8-6-15)24-19-13-28(26,27)12-18(19)23(11-20(24)25)10-9-14-3-1-2-4-17(14)22/h1-8,18-19H,9-13H2/t18-,19+/m0/s1. The van der Waals surface area contributed by atoms with Gasteiger partial charge in [0.05, 0.1) is 24.1 Å². The lowest BCUT2D eigenvalue weighted by Gasteiger charge is -2.43. The topological polar surface area (TPSA) is 57.7 Å². The molecule has 0 aliphatic carbocycles. The summed E-state index contributed by atoms with van der Waals surface area (Å²) >= 11 is 3.38. The van der Waals surface area contributed by atoms with Crippen LogP contribution in [-0.2, 0) is 21.1 Å². The zero-order chi connectivity index (χ0) is 19.9. The quantitative estimate of drug-likeness (QED) is 0.694. The minimum Gasteiger partial charge on any atom is -0.306 e. The largest absolute Gasteiger partial charge is 0.306 e. The maximum absolute atomic E-state index is 13.9. The Morgan fingerprint density at radius 2 is 1.71 bits per heavy atom. The number of carbonyl (C=O) groups is 1. The molecule has 0 radical (unpaired) electrons. The summed E-state index contributed by atoms with van der Waals surface area (Å²) in [5.41, 5.74) is 1.27. The number of fused-ring (bicyclic) bond motifs is 1. The van der Waals surface area contributed by atoms with Crippen LogP contribution in [0.3, 0.4) is 0 Å². The van der Waals surface area contributed by atoms with Gasteiger partial charge in [0, 0.05) is 22.7 Å². The van der Waals surface area contributed by atoms with Crippen LogP contribution in [0.1, 0.15) is 5.56 Å². The van der Waals surface area contributed by atoms with E-state index >= 15 is 0 Å². The molecular formula is C20H20BrFN2O3S. The first kappa shape index (κ1) is 19.5. The number of halogens is 2. The van der Waals surface area contributed by atoms with Crippen molar-refractivity contribution < 1.29 is 17.6 Å². The zero-order valence-corrected chi connectivity index (χ0v) is 17.5. The molecule has 0 aromatic heterocycles. The van der Waals surface area contributed by atoms with Gasteiger partial charge in [-0.05, 0) is 42.3 Å². The Morgan fingerprint density at radius 1 is 1.04 bits per heavy atom. The molecule has 1 amide bonds. The first-order valence-electron chi connectivity index (χ1n) is 9.09. The van der Waals surface area contributed by atoms with Gasteiger partial charge >= 0.3 is 0 Å². The molecule has 2 heterocycles. The first-order valence-corrected chi connectivity index (χ1v) is 11.7. The third-order valence-corrected chi connectivity index (χ3v) is 7.66. The van der Waals surface area contributed by atoms with Crippen LogP contribution in [0.2, 0.25) is 0 Å². The Labute approximate surface area is 172 Å². The second-order valence-corrected chi connectivity index (χ2v) is 10.3. The van der Waals surface area contributed by atoms with E-state index in [-0.39, 0.29) is 35.8 Å². The summed E-state index contributed by atoms with van der Waals surface area (Å²) in [4.78, 5) is 16.5. The highest BCUT2D eigenvalue weighted by molar-refractivity contribution is 9.10. The number of sulfone groups is 1. The predicted molar refractivity (Wildman–Crippen MR) is 110 cm³/mol. The van der Waals surface area contributed by atoms with E-state index in [9.17, 15) is 17.6 Å². The minimum absolute atomic E-state index is 0.0231. The zero-order valence-electron chi connectivity index (χ0n) is 15.1. The van der Waals surface area contributed by atoms with Gasteiger partial charge in [0.2, 0.25) is 5.91 Å². The maximum atomic E-state index is 13.9. The van der Waals surface area contributed by atoms with Crippen LogP contribution in [0.25, 0.3) is 0 Å². The number of anilines is 1. The highest BCUT2D eigenvalue weighted by atomic mass is 79.9. The Morgan fingerprint density at radius 3 is 2.43 bits per heavy atom. The average molecular weight is 467 g/mol. The van der Waals surface area contributed by atoms with Crippen LogP contribution in [0.4, 0.5) is 10.1 Å². The summed E-state index contributed by atoms with van der Waals surface area (Å²) in [6, 6.07) is 13.2. The molecule has 0 bridgehead atoms. The first-order chi connectivity index (χ1) is 13.3. The molecule has 0 saturated carbocycles. The molecule has 28 heavy (non-hydrogen) atoms. The van der Waals surface area contributed by atoms with E-state index in [1.807, 2.05) is 29.2 Å². The highest BCUT2D eigenvalue weighted by Gasteiger charge is 2.49. The van der Waals surface area contributed by atoms with E-state index in [1.54, 1.807) is 23.1 Å². The van der Waals surface area contributed by atoms with Crippen molar-refractivity contribution >= 4 is 37.4 Å². The van der Waals surface area contributed by atoms with Crippen LogP contribution in [0.5, 0.6) is 0 Å². The second-order valence-electron chi connectivity index (χ2n) is 7.26. The molecule has 0 unspecified atom stereocenters. The van der Waals surface area contributed by atoms with Gasteiger partial charge in [-0.15, -0.1) is 0 Å². The number of hydrogen-bond acceptors (Lipinski definition) is 4. The molecule has 2 atom stereocenters. The maximum Gasteiger partial charge on any atom is 0.241 e. The van der Waals surface area contributed by atoms with Crippen LogP contribution >= 0.6 is 15.9 Å². The number of hydrogen-bond donors (Lipinski definition) is 0. The van der Waals surface area contributed by atoms with E-state index < -0.39 is 15.9 Å². The Hall–Kier alpha value is -1.77. The van der Waals surface area contributed by atoms with Gasteiger partial charge in [-0.3, -0.25) is 9.69 Å². The van der Waals surface area contributed by atoms with E-state index in [0.29, 0.717) is 24.2 Å². The van der Waals surface area contributed by atoms with Crippen LogP contribution in [0, 0.1) is 5.82 Å². The van der Waals surface area contributed by atoms with Gasteiger partial charge in [0.15, 0.2) is 9.84 Å². The molecule has 2 aliphatic rings. The fourth-order valence-electron chi connectivity index (χ4n) is 4.11. The van der Waals surface area contributed by atoms with Crippen molar-refractivity contribution in [3.63, 3.8) is 0 Å². The molecule has 2 aromatic carbocycles. The summed E-state index contributed by atoms with van der Waals surface area (Å²) in [5.74, 6) is -0.433. The highest BCUT2D eigenvalue weighted by Crippen LogP contribution is 2.32. The van der Waals surface area contributed by atoms with Crippen molar-refractivity contribution in [2.45, 2.75) is 18.5 Å². The van der Waals surface area contributed by atoms with Gasteiger partial charge < -0.3 is 4.90 Å². The van der Waals surface area contributed by atoms with E-state index in [1.165, 1.54) is 6.07 Å². The molecule has 4 rings (SSSR count). The monoisotopic (exact) mass is 466 g/mol. The van der Waals surface area contributed by atoms with Crippen molar-refractivity contribution in [3.8, 4) is 0 Å². The molecule has 2 aromatic rings. The molecule has 148 valence electrons. The third-order valence-electron chi connectivity index (χ3n) is 5.43. The Bertz CT molecular complexity index is 997. The van der Waals surface area contributed by atoms with Crippen LogP contribution in [-0.4, -0.2) is 55.9 Å². The second kappa shape index (κ2) is 7.57. The minimum atomic E-state index is -3.24.